The minimum Gasteiger partial charge on any atom is -0.870 e. The first-order valence-corrected chi connectivity index (χ1v) is 40.4. The molecule has 4 aromatic rings. The van der Waals surface area contributed by atoms with Gasteiger partial charge in [0.15, 0.2) is 0 Å². The van der Waals surface area contributed by atoms with Gasteiger partial charge in [-0.2, -0.15) is 56.3 Å². The maximum absolute atomic E-state index is 5.77. The summed E-state index contributed by atoms with van der Waals surface area (Å²) in [6.07, 6.45) is 8.39. The molecular formula is C45H96Cl6I4N22NaO4V2-2. The summed E-state index contributed by atoms with van der Waals surface area (Å²) in [7, 11) is 9.98. The number of aromatic nitrogens is 12. The average molecular weight is 1850 g/mol. The molecule has 84 heavy (non-hydrogen) atoms. The van der Waals surface area contributed by atoms with Gasteiger partial charge in [-0.1, -0.05) is 80.2 Å². The second-order valence-corrected chi connectivity index (χ2v) is 51.5. The molecule has 11 N–H and O–H groups in total. The molecule has 0 saturated heterocycles. The molecule has 4 rings (SSSR count). The van der Waals surface area contributed by atoms with Crippen LogP contribution in [0.25, 0.3) is 0 Å². The van der Waals surface area contributed by atoms with Crippen LogP contribution < -0.4 is 100 Å². The third-order valence-corrected chi connectivity index (χ3v) is 8.98. The molecule has 0 aliphatic heterocycles. The van der Waals surface area contributed by atoms with Crippen molar-refractivity contribution in [2.45, 2.75) is 122 Å². The molecule has 0 amide bonds. The summed E-state index contributed by atoms with van der Waals surface area (Å²) in [6, 6.07) is 0. The number of nitrogens with two attached hydrogens (primary N) is 1. The smallest absolute Gasteiger partial charge is 0.870 e. The first kappa shape index (κ1) is 113. The summed E-state index contributed by atoms with van der Waals surface area (Å²) in [5.74, 6) is 4.52. The van der Waals surface area contributed by atoms with E-state index in [-0.39, 0.29) is 127 Å². The zero-order valence-electron chi connectivity index (χ0n) is 50.0. The van der Waals surface area contributed by atoms with Crippen molar-refractivity contribution in [3.63, 3.8) is 0 Å². The number of halogens is 10. The molecule has 0 fully saturated rings. The van der Waals surface area contributed by atoms with Crippen molar-refractivity contribution in [2.75, 3.05) is 130 Å². The minimum absolute atomic E-state index is 0. The Hall–Kier alpha value is 1.03. The van der Waals surface area contributed by atoms with Gasteiger partial charge in [-0.25, -0.2) is 20.4 Å². The van der Waals surface area contributed by atoms with Crippen molar-refractivity contribution in [3.8, 4) is 0 Å². The molecule has 4 heterocycles. The molecule has 0 spiro atoms. The molecule has 39 heteroatoms. The van der Waals surface area contributed by atoms with Crippen molar-refractivity contribution < 1.29 is 90.4 Å². The number of hydrogen-bond donors (Lipinski definition) is 8. The van der Waals surface area contributed by atoms with Gasteiger partial charge >= 0.3 is 112 Å². The molecule has 4 aromatic heterocycles. The third kappa shape index (κ3) is 72.1. The molecule has 0 atom stereocenters. The standard InChI is InChI=1S/2C11H22N6O.C9H16ClN5.C3Cl3N3.C3H6I.C3H9N.C2H7NO.2CH4.CH3.2ClH.3HI.Na.H2O.2V/c2*1-5-7-12-9-14-10(13-8-6-2)16-11(15-9)17(3)18-4;1-3-5-11-8-13-7(10)14-9(15-8)12-6-4-2;4-1-7-2(5)9-3(6)8-1;2*1-2-3-4;1-3-4-2;;;;;;;;;;;;/h2*5-8H2,1-4H3,(H2,12,13,14,15,16);3-6H2,1-2H3,(H2,11,12,13,14,15);;3H,2H2,1H3;2-4H2,1H3;3H,1-2H3;2*1H4;1H3;5*1H;;1H2;;/q;;;;-1;;;;;-1;;;;;;+1;;;+3/p-4. The Morgan fingerprint density at radius 2 is 0.810 bits per heavy atom. The minimum atomic E-state index is -0.278. The Morgan fingerprint density at radius 3 is 1.06 bits per heavy atom. The van der Waals surface area contributed by atoms with Gasteiger partial charge in [0.25, 0.3) is 5.95 Å². The number of anilines is 8. The monoisotopic (exact) mass is 1850 g/mol. The fourth-order valence-electron chi connectivity index (χ4n) is 3.78. The number of hydrogen-bond acceptors (Lipinski definition) is 25. The molecule has 0 aliphatic rings. The second kappa shape index (κ2) is 82.0. The van der Waals surface area contributed by atoms with E-state index in [0.29, 0.717) is 47.6 Å². The zero-order valence-corrected chi connectivity index (χ0v) is 68.0. The van der Waals surface area contributed by atoms with Gasteiger partial charge in [-0.15, -0.1) is 12.4 Å². The summed E-state index contributed by atoms with van der Waals surface area (Å²) in [4.78, 5) is 61.3. The Morgan fingerprint density at radius 1 is 0.548 bits per heavy atom. The number of rotatable bonds is 25. The van der Waals surface area contributed by atoms with Crippen LogP contribution in [0.2, 0.25) is 21.1 Å². The van der Waals surface area contributed by atoms with E-state index < -0.39 is 0 Å². The largest absolute Gasteiger partial charge is 1.00 e. The normalized spacial score (nSPS) is 8.71. The van der Waals surface area contributed by atoms with E-state index in [1.165, 1.54) is 11.5 Å². The number of nitrogens with zero attached hydrogens (tertiary/aromatic N) is 13. The molecule has 0 bridgehead atoms. The summed E-state index contributed by atoms with van der Waals surface area (Å²) >= 11 is 31.3. The third-order valence-electron chi connectivity index (χ3n) is 7.43. The van der Waals surface area contributed by atoms with E-state index in [1.807, 2.05) is 0 Å². The fraction of sp³-hybridized carbons (Fsp3) is 0.689. The predicted octanol–water partition coefficient (Wildman–Crippen LogP) is 7.19. The summed E-state index contributed by atoms with van der Waals surface area (Å²) < 4.78 is 2.09. The van der Waals surface area contributed by atoms with Crippen LogP contribution in [0.15, 0.2) is 0 Å². The number of H-pyrrole nitrogens is 1. The molecule has 26 nitrogen and oxygen atoms in total. The number of nitrogens with one attached hydrogen (secondary N) is 8. The van der Waals surface area contributed by atoms with Crippen molar-refractivity contribution in [2.24, 2.45) is 5.73 Å². The van der Waals surface area contributed by atoms with E-state index >= 15 is 0 Å². The molecule has 0 saturated carbocycles. The quantitative estimate of drug-likeness (QED) is 0.0141. The summed E-state index contributed by atoms with van der Waals surface area (Å²) in [5, 5.41) is 22.0. The van der Waals surface area contributed by atoms with Crippen molar-refractivity contribution in [1.82, 2.24) is 60.3 Å². The van der Waals surface area contributed by atoms with Crippen LogP contribution in [0.4, 0.5) is 47.6 Å². The van der Waals surface area contributed by atoms with Crippen LogP contribution in [-0.4, -0.2) is 149 Å². The summed E-state index contributed by atoms with van der Waals surface area (Å²) in [6.45, 7) is 22.5. The zero-order chi connectivity index (χ0) is 58.5. The Kier molecular flexibility index (Phi) is 110. The van der Waals surface area contributed by atoms with Gasteiger partial charge < -0.3 is 90.4 Å². The van der Waals surface area contributed by atoms with Gasteiger partial charge in [0, 0.05) is 71.9 Å². The van der Waals surface area contributed by atoms with Crippen molar-refractivity contribution >= 4 is 189 Å². The first-order chi connectivity index (χ1) is 36.3. The van der Waals surface area contributed by atoms with E-state index in [0.717, 1.165) is 90.8 Å². The number of hydroxylamine groups is 3. The van der Waals surface area contributed by atoms with Gasteiger partial charge in [-0.05, 0) is 97.9 Å². The van der Waals surface area contributed by atoms with E-state index in [1.54, 1.807) is 47.5 Å². The molecule has 0 aliphatic carbocycles. The van der Waals surface area contributed by atoms with E-state index in [2.05, 4.69) is 244 Å². The molecule has 493 valence electrons. The van der Waals surface area contributed by atoms with Crippen LogP contribution in [0.3, 0.4) is 0 Å². The fourth-order valence-corrected chi connectivity index (χ4v) is 4.55. The van der Waals surface area contributed by atoms with Crippen molar-refractivity contribution in [1.29, 1.82) is 0 Å². The molecular weight excluding hydrogens is 1760 g/mol. The van der Waals surface area contributed by atoms with Gasteiger partial charge in [0.05, 0.1) is 28.4 Å². The van der Waals surface area contributed by atoms with Gasteiger partial charge in [0.2, 0.25) is 44.9 Å². The second-order valence-electron chi connectivity index (χ2n) is 13.9. The van der Waals surface area contributed by atoms with Crippen LogP contribution in [-0.2, 0) is 38.0 Å². The Bertz CT molecular complexity index is 1760. The van der Waals surface area contributed by atoms with E-state index in [9.17, 15) is 0 Å². The number of aromatic amines is 1. The SMILES string of the molecule is C.C.CCCN.CCCNc1nc(Cl)nc(NCCC)n1.CCCNc1nc(NCCC)[nH+]c(N(C)OC)n1.CCCNc1nc(NCCC)nc(N(C)OC)n1.CC[CH-]I.CNOC.Cl.Clc1nc(Cl)nc(Cl)n1.[CH3-].[Cl-].[I][V]([I])[I].[Na+].[OH-].[V]. The predicted molar refractivity (Wildman–Crippen MR) is 377 cm³/mol. The maximum Gasteiger partial charge on any atom is 1.00 e. The van der Waals surface area contributed by atoms with Crippen LogP contribution in [0.5, 0.6) is 0 Å². The van der Waals surface area contributed by atoms with Crippen LogP contribution in [0, 0.1) is 11.9 Å². The molecule has 0 aromatic carbocycles. The maximum atomic E-state index is 5.77. The van der Waals surface area contributed by atoms with Crippen molar-refractivity contribution in [3.05, 3.63) is 33.0 Å². The van der Waals surface area contributed by atoms with Crippen LogP contribution >= 0.6 is 141 Å². The van der Waals surface area contributed by atoms with Gasteiger partial charge in [0.1, 0.15) is 0 Å². The van der Waals surface area contributed by atoms with Crippen LogP contribution in [0.1, 0.15) is 122 Å². The van der Waals surface area contributed by atoms with E-state index in [4.69, 9.17) is 61.8 Å². The Labute approximate surface area is 622 Å². The average Bonchev–Trinajstić information content (AvgIpc) is 3.41. The molecule has 0 unspecified atom stereocenters. The topological polar surface area (TPSA) is 330 Å². The molecule has 1 radical (unpaired) electrons. The summed E-state index contributed by atoms with van der Waals surface area (Å²) in [5.41, 5.74) is 7.46. The first-order valence-electron chi connectivity index (χ1n) is 24.1. The Balaban J connectivity index is -0.0000000744. The van der Waals surface area contributed by atoms with Gasteiger partial charge in [-0.3, -0.25) is 9.27 Å².